The van der Waals surface area contributed by atoms with E-state index in [0.29, 0.717) is 23.3 Å². The van der Waals surface area contributed by atoms with Crippen LogP contribution in [0.25, 0.3) is 0 Å². The van der Waals surface area contributed by atoms with Crippen LogP contribution in [0.2, 0.25) is 0 Å². The summed E-state index contributed by atoms with van der Waals surface area (Å²) in [7, 11) is 0. The summed E-state index contributed by atoms with van der Waals surface area (Å²) >= 11 is 0. The summed E-state index contributed by atoms with van der Waals surface area (Å²) in [5.41, 5.74) is 1.45. The van der Waals surface area contributed by atoms with Crippen molar-refractivity contribution >= 4 is 17.6 Å². The lowest BCUT2D eigenvalue weighted by Crippen LogP contribution is -2.30. The lowest BCUT2D eigenvalue weighted by molar-refractivity contribution is -0.135. The van der Waals surface area contributed by atoms with E-state index in [1.165, 1.54) is 18.2 Å². The van der Waals surface area contributed by atoms with Gasteiger partial charge in [-0.25, -0.2) is 4.79 Å². The first-order valence-corrected chi connectivity index (χ1v) is 10.3. The Morgan fingerprint density at radius 2 is 2.07 bits per heavy atom. The van der Waals surface area contributed by atoms with Gasteiger partial charge in [0.25, 0.3) is 5.91 Å². The minimum atomic E-state index is -0.476. The molecule has 7 heteroatoms. The highest BCUT2D eigenvalue weighted by atomic mass is 16.6. The number of hydrogen-bond acceptors (Lipinski definition) is 6. The number of ether oxygens (including phenoxy) is 1. The number of phenols is 1. The van der Waals surface area contributed by atoms with Crippen molar-refractivity contribution in [2.75, 3.05) is 26.3 Å². The predicted molar refractivity (Wildman–Crippen MR) is 116 cm³/mol. The van der Waals surface area contributed by atoms with Crippen LogP contribution in [0, 0.1) is 0 Å². The first-order valence-electron chi connectivity index (χ1n) is 10.3. The van der Waals surface area contributed by atoms with Gasteiger partial charge in [0.1, 0.15) is 5.75 Å². The van der Waals surface area contributed by atoms with Crippen molar-refractivity contribution in [2.45, 2.75) is 39.0 Å². The fourth-order valence-corrected chi connectivity index (χ4v) is 3.04. The monoisotopic (exact) mass is 414 g/mol. The summed E-state index contributed by atoms with van der Waals surface area (Å²) in [5, 5.41) is 14.0. The molecule has 0 radical (unpaired) electrons. The fourth-order valence-electron chi connectivity index (χ4n) is 3.04. The Morgan fingerprint density at radius 1 is 1.30 bits per heavy atom. The normalized spacial score (nSPS) is 14.2. The number of phenolic OH excluding ortho intramolecular Hbond substituents is 1. The molecule has 1 fully saturated rings. The highest BCUT2D eigenvalue weighted by Gasteiger charge is 2.18. The summed E-state index contributed by atoms with van der Waals surface area (Å²) in [5.74, 6) is -0.522. The topological polar surface area (TPSA) is 88.4 Å². The van der Waals surface area contributed by atoms with Gasteiger partial charge in [-0.15, -0.1) is 6.58 Å². The zero-order valence-corrected chi connectivity index (χ0v) is 17.5. The van der Waals surface area contributed by atoms with Gasteiger partial charge in [-0.05, 0) is 55.5 Å². The summed E-state index contributed by atoms with van der Waals surface area (Å²) in [6, 6.07) is 4.48. The molecule has 0 saturated carbocycles. The third kappa shape index (κ3) is 7.39. The van der Waals surface area contributed by atoms with Crippen LogP contribution >= 0.6 is 0 Å². The van der Waals surface area contributed by atoms with Gasteiger partial charge >= 0.3 is 5.97 Å². The van der Waals surface area contributed by atoms with E-state index in [1.54, 1.807) is 17.1 Å². The van der Waals surface area contributed by atoms with E-state index in [2.05, 4.69) is 11.7 Å². The van der Waals surface area contributed by atoms with Crippen LogP contribution in [0.1, 0.15) is 48.5 Å². The van der Waals surface area contributed by atoms with Gasteiger partial charge in [0.2, 0.25) is 0 Å². The van der Waals surface area contributed by atoms with Crippen LogP contribution in [0.15, 0.2) is 48.2 Å². The Bertz CT molecular complexity index is 795. The molecule has 30 heavy (non-hydrogen) atoms. The number of aromatic hydroxyl groups is 1. The second kappa shape index (κ2) is 12.5. The average Bonchev–Trinajstić information content (AvgIpc) is 3.27. The predicted octanol–water partition coefficient (Wildman–Crippen LogP) is 3.63. The van der Waals surface area contributed by atoms with Crippen molar-refractivity contribution < 1.29 is 24.3 Å². The van der Waals surface area contributed by atoms with Gasteiger partial charge < -0.3 is 19.6 Å². The van der Waals surface area contributed by atoms with Crippen molar-refractivity contribution in [1.82, 2.24) is 4.90 Å². The molecule has 1 amide bonds. The maximum atomic E-state index is 12.4. The van der Waals surface area contributed by atoms with E-state index in [4.69, 9.17) is 9.57 Å². The Morgan fingerprint density at radius 3 is 2.77 bits per heavy atom. The van der Waals surface area contributed by atoms with Gasteiger partial charge in [0.15, 0.2) is 6.61 Å². The number of carbonyl (C=O) groups excluding carboxylic acids is 2. The summed E-state index contributed by atoms with van der Waals surface area (Å²) < 4.78 is 5.25. The molecule has 0 spiro atoms. The van der Waals surface area contributed by atoms with Gasteiger partial charge in [-0.2, -0.15) is 0 Å². The first-order chi connectivity index (χ1) is 14.5. The maximum Gasteiger partial charge on any atom is 0.338 e. The summed E-state index contributed by atoms with van der Waals surface area (Å²) in [6.07, 6.45) is 9.00. The second-order valence-electron chi connectivity index (χ2n) is 6.99. The largest absolute Gasteiger partial charge is 0.508 e. The molecular formula is C23H30N2O5. The number of allylic oxidation sites excluding steroid dienone is 2. The molecule has 1 aromatic rings. The summed E-state index contributed by atoms with van der Waals surface area (Å²) in [6.45, 7) is 7.22. The Labute approximate surface area is 177 Å². The molecule has 1 aromatic carbocycles. The van der Waals surface area contributed by atoms with E-state index in [0.717, 1.165) is 32.4 Å². The Hall–Kier alpha value is -3.09. The molecule has 1 aliphatic rings. The summed E-state index contributed by atoms with van der Waals surface area (Å²) in [4.78, 5) is 31.6. The maximum absolute atomic E-state index is 12.4. The SMILES string of the molecule is C=CCCOC(=O)c1ccc(O)cc1CC(/C=C/CC)=N\OCC(=O)N1CCCC1. The van der Waals surface area contributed by atoms with Crippen LogP contribution in [-0.2, 0) is 20.8 Å². The molecular weight excluding hydrogens is 384 g/mol. The van der Waals surface area contributed by atoms with Gasteiger partial charge in [0, 0.05) is 19.5 Å². The number of carbonyl (C=O) groups is 2. The lowest BCUT2D eigenvalue weighted by atomic mass is 10.0. The van der Waals surface area contributed by atoms with Crippen molar-refractivity contribution in [3.63, 3.8) is 0 Å². The number of hydrogen-bond donors (Lipinski definition) is 1. The molecule has 0 aromatic heterocycles. The van der Waals surface area contributed by atoms with Gasteiger partial charge in [-0.1, -0.05) is 24.2 Å². The molecule has 1 saturated heterocycles. The smallest absolute Gasteiger partial charge is 0.338 e. The van der Waals surface area contributed by atoms with Gasteiger partial charge in [0.05, 0.1) is 17.9 Å². The van der Waals surface area contributed by atoms with Crippen molar-refractivity contribution in [2.24, 2.45) is 5.16 Å². The van der Waals surface area contributed by atoms with Crippen LogP contribution in [0.3, 0.4) is 0 Å². The molecule has 0 unspecified atom stereocenters. The molecule has 2 rings (SSSR count). The average molecular weight is 415 g/mol. The number of amides is 1. The molecule has 0 atom stereocenters. The second-order valence-corrected chi connectivity index (χ2v) is 6.99. The van der Waals surface area contributed by atoms with Crippen molar-refractivity contribution in [3.05, 3.63) is 54.1 Å². The van der Waals surface area contributed by atoms with E-state index < -0.39 is 5.97 Å². The standard InChI is InChI=1S/C23H30N2O5/c1-3-5-9-19(24-30-17-22(27)25-12-7-8-13-25)15-18-16-20(26)10-11-21(18)23(28)29-14-6-4-2/h4-5,9-11,16,26H,2-3,6-8,12-15,17H2,1H3/b9-5+,24-19-. The van der Waals surface area contributed by atoms with Crippen molar-refractivity contribution in [1.29, 1.82) is 0 Å². The van der Waals surface area contributed by atoms with Crippen LogP contribution in [0.5, 0.6) is 5.75 Å². The number of benzene rings is 1. The van der Waals surface area contributed by atoms with Crippen LogP contribution < -0.4 is 0 Å². The first kappa shape index (κ1) is 23.2. The van der Waals surface area contributed by atoms with E-state index in [9.17, 15) is 14.7 Å². The minimum Gasteiger partial charge on any atom is -0.508 e. The lowest BCUT2D eigenvalue weighted by Gasteiger charge is -2.14. The minimum absolute atomic E-state index is 0.0385. The van der Waals surface area contributed by atoms with E-state index in [1.807, 2.05) is 13.0 Å². The molecule has 1 heterocycles. The number of oxime groups is 1. The van der Waals surface area contributed by atoms with Crippen molar-refractivity contribution in [3.8, 4) is 5.75 Å². The highest BCUT2D eigenvalue weighted by molar-refractivity contribution is 5.99. The number of likely N-dealkylation sites (tertiary alicyclic amines) is 1. The number of esters is 1. The quantitative estimate of drug-likeness (QED) is 0.196. The molecule has 1 N–H and O–H groups in total. The molecule has 162 valence electrons. The zero-order chi connectivity index (χ0) is 21.8. The molecule has 0 bridgehead atoms. The van der Waals surface area contributed by atoms with E-state index >= 15 is 0 Å². The Kier molecular flexibility index (Phi) is 9.64. The van der Waals surface area contributed by atoms with Crippen LogP contribution in [0.4, 0.5) is 0 Å². The number of rotatable bonds is 11. The third-order valence-corrected chi connectivity index (χ3v) is 4.61. The van der Waals surface area contributed by atoms with E-state index in [-0.39, 0.29) is 31.3 Å². The fraction of sp³-hybridized carbons (Fsp3) is 0.435. The zero-order valence-electron chi connectivity index (χ0n) is 17.5. The third-order valence-electron chi connectivity index (χ3n) is 4.61. The number of nitrogens with zero attached hydrogens (tertiary/aromatic N) is 2. The molecule has 7 nitrogen and oxygen atoms in total. The van der Waals surface area contributed by atoms with Gasteiger partial charge in [-0.3, -0.25) is 4.79 Å². The van der Waals surface area contributed by atoms with Crippen LogP contribution in [-0.4, -0.2) is 53.9 Å². The molecule has 0 aliphatic carbocycles. The Balaban J connectivity index is 2.11. The molecule has 1 aliphatic heterocycles. The highest BCUT2D eigenvalue weighted by Crippen LogP contribution is 2.19.